The molecule has 5 heteroatoms. The number of anilines is 1. The van der Waals surface area contributed by atoms with E-state index < -0.39 is 0 Å². The van der Waals surface area contributed by atoms with Gasteiger partial charge in [0, 0.05) is 13.1 Å². The van der Waals surface area contributed by atoms with E-state index in [9.17, 15) is 5.11 Å². The molecule has 1 aliphatic rings. The largest absolute Gasteiger partial charge is 0.393 e. The summed E-state index contributed by atoms with van der Waals surface area (Å²) in [5.74, 6) is 0.929. The second-order valence-electron chi connectivity index (χ2n) is 3.72. The van der Waals surface area contributed by atoms with Crippen molar-refractivity contribution >= 4 is 5.95 Å². The van der Waals surface area contributed by atoms with Crippen molar-refractivity contribution in [2.75, 3.05) is 18.0 Å². The SMILES string of the molecule is C[C@H]1CN(c2nccnn2)CC[C@@H]1O. The first-order valence-electron chi connectivity index (χ1n) is 4.84. The Balaban J connectivity index is 2.07. The Hall–Kier alpha value is -1.23. The highest BCUT2D eigenvalue weighted by Gasteiger charge is 2.25. The van der Waals surface area contributed by atoms with Crippen LogP contribution in [0.1, 0.15) is 13.3 Å². The fourth-order valence-electron chi connectivity index (χ4n) is 1.70. The predicted octanol–water partition coefficient (Wildman–Crippen LogP) is 0.0787. The average molecular weight is 194 g/mol. The molecule has 0 bridgehead atoms. The summed E-state index contributed by atoms with van der Waals surface area (Å²) in [5.41, 5.74) is 0. The van der Waals surface area contributed by atoms with E-state index in [0.717, 1.165) is 19.5 Å². The maximum Gasteiger partial charge on any atom is 0.245 e. The summed E-state index contributed by atoms with van der Waals surface area (Å²) in [5, 5.41) is 17.3. The zero-order chi connectivity index (χ0) is 9.97. The van der Waals surface area contributed by atoms with Gasteiger partial charge in [0.05, 0.1) is 18.5 Å². The van der Waals surface area contributed by atoms with Crippen molar-refractivity contribution in [2.24, 2.45) is 5.92 Å². The van der Waals surface area contributed by atoms with Gasteiger partial charge in [-0.2, -0.15) is 5.10 Å². The molecule has 0 radical (unpaired) electrons. The summed E-state index contributed by atoms with van der Waals surface area (Å²) in [4.78, 5) is 6.19. The van der Waals surface area contributed by atoms with Crippen molar-refractivity contribution in [3.63, 3.8) is 0 Å². The molecule has 1 saturated heterocycles. The van der Waals surface area contributed by atoms with Crippen molar-refractivity contribution in [1.29, 1.82) is 0 Å². The van der Waals surface area contributed by atoms with E-state index in [2.05, 4.69) is 20.1 Å². The van der Waals surface area contributed by atoms with Crippen molar-refractivity contribution in [3.8, 4) is 0 Å². The molecule has 2 heterocycles. The van der Waals surface area contributed by atoms with E-state index in [1.165, 1.54) is 0 Å². The molecule has 2 atom stereocenters. The first-order valence-corrected chi connectivity index (χ1v) is 4.84. The van der Waals surface area contributed by atoms with E-state index in [1.54, 1.807) is 12.4 Å². The van der Waals surface area contributed by atoms with Gasteiger partial charge in [0.15, 0.2) is 0 Å². The fraction of sp³-hybridized carbons (Fsp3) is 0.667. The summed E-state index contributed by atoms with van der Waals surface area (Å²) in [6.45, 7) is 3.64. The number of aromatic nitrogens is 3. The highest BCUT2D eigenvalue weighted by Crippen LogP contribution is 2.19. The van der Waals surface area contributed by atoms with Gasteiger partial charge < -0.3 is 10.0 Å². The zero-order valence-electron chi connectivity index (χ0n) is 8.17. The number of hydrogen-bond acceptors (Lipinski definition) is 5. The lowest BCUT2D eigenvalue weighted by Gasteiger charge is -2.33. The minimum absolute atomic E-state index is 0.192. The van der Waals surface area contributed by atoms with Crippen LogP contribution in [-0.2, 0) is 0 Å². The predicted molar refractivity (Wildman–Crippen MR) is 51.8 cm³/mol. The van der Waals surface area contributed by atoms with E-state index in [1.807, 2.05) is 6.92 Å². The van der Waals surface area contributed by atoms with Crippen molar-refractivity contribution in [2.45, 2.75) is 19.4 Å². The summed E-state index contributed by atoms with van der Waals surface area (Å²) < 4.78 is 0. The zero-order valence-corrected chi connectivity index (χ0v) is 8.17. The number of aliphatic hydroxyl groups is 1. The third-order valence-electron chi connectivity index (χ3n) is 2.61. The molecule has 2 rings (SSSR count). The Morgan fingerprint density at radius 2 is 2.36 bits per heavy atom. The molecule has 0 unspecified atom stereocenters. The van der Waals surface area contributed by atoms with E-state index in [-0.39, 0.29) is 12.0 Å². The third kappa shape index (κ3) is 1.82. The van der Waals surface area contributed by atoms with Crippen LogP contribution in [0.2, 0.25) is 0 Å². The molecule has 14 heavy (non-hydrogen) atoms. The van der Waals surface area contributed by atoms with Crippen molar-refractivity contribution in [1.82, 2.24) is 15.2 Å². The topological polar surface area (TPSA) is 62.1 Å². The van der Waals surface area contributed by atoms with Crippen LogP contribution in [0.25, 0.3) is 0 Å². The van der Waals surface area contributed by atoms with E-state index >= 15 is 0 Å². The first kappa shape index (κ1) is 9.33. The standard InChI is InChI=1S/C9H14N4O/c1-7-6-13(5-2-8(7)14)9-10-3-4-11-12-9/h3-4,7-8,14H,2,5-6H2,1H3/t7-,8-/m0/s1. The minimum Gasteiger partial charge on any atom is -0.393 e. The van der Waals surface area contributed by atoms with Crippen molar-refractivity contribution in [3.05, 3.63) is 12.4 Å². The molecule has 1 aromatic rings. The van der Waals surface area contributed by atoms with Crippen LogP contribution < -0.4 is 4.90 Å². The summed E-state index contributed by atoms with van der Waals surface area (Å²) in [6, 6.07) is 0. The van der Waals surface area contributed by atoms with Crippen LogP contribution in [0.3, 0.4) is 0 Å². The summed E-state index contributed by atoms with van der Waals surface area (Å²) >= 11 is 0. The van der Waals surface area contributed by atoms with Gasteiger partial charge in [-0.1, -0.05) is 6.92 Å². The quantitative estimate of drug-likeness (QED) is 0.686. The van der Waals surface area contributed by atoms with Crippen LogP contribution in [-0.4, -0.2) is 39.5 Å². The molecule has 76 valence electrons. The highest BCUT2D eigenvalue weighted by atomic mass is 16.3. The van der Waals surface area contributed by atoms with Crippen LogP contribution in [0.4, 0.5) is 5.95 Å². The molecule has 5 nitrogen and oxygen atoms in total. The summed E-state index contributed by atoms with van der Waals surface area (Å²) in [7, 11) is 0. The molecule has 0 aromatic carbocycles. The van der Waals surface area contributed by atoms with E-state index in [4.69, 9.17) is 0 Å². The lowest BCUT2D eigenvalue weighted by molar-refractivity contribution is 0.0966. The average Bonchev–Trinajstić information content (AvgIpc) is 2.23. The van der Waals surface area contributed by atoms with Gasteiger partial charge in [0.1, 0.15) is 0 Å². The number of aliphatic hydroxyl groups excluding tert-OH is 1. The van der Waals surface area contributed by atoms with Crippen molar-refractivity contribution < 1.29 is 5.11 Å². The second kappa shape index (κ2) is 3.88. The second-order valence-corrected chi connectivity index (χ2v) is 3.72. The van der Waals surface area contributed by atoms with Gasteiger partial charge in [0.2, 0.25) is 5.95 Å². The fourth-order valence-corrected chi connectivity index (χ4v) is 1.70. The lowest BCUT2D eigenvalue weighted by Crippen LogP contribution is -2.42. The highest BCUT2D eigenvalue weighted by molar-refractivity contribution is 5.28. The number of nitrogens with zero attached hydrogens (tertiary/aromatic N) is 4. The minimum atomic E-state index is -0.192. The first-order chi connectivity index (χ1) is 6.77. The Morgan fingerprint density at radius 1 is 1.50 bits per heavy atom. The Bertz CT molecular complexity index is 292. The van der Waals surface area contributed by atoms with E-state index in [0.29, 0.717) is 5.95 Å². The number of rotatable bonds is 1. The molecular formula is C9H14N4O. The molecule has 1 N–H and O–H groups in total. The van der Waals surface area contributed by atoms with Gasteiger partial charge in [-0.3, -0.25) is 0 Å². The molecular weight excluding hydrogens is 180 g/mol. The smallest absolute Gasteiger partial charge is 0.245 e. The van der Waals surface area contributed by atoms with Crippen LogP contribution in [0, 0.1) is 5.92 Å². The van der Waals surface area contributed by atoms with Gasteiger partial charge in [-0.15, -0.1) is 5.10 Å². The number of hydrogen-bond donors (Lipinski definition) is 1. The lowest BCUT2D eigenvalue weighted by atomic mass is 9.97. The van der Waals surface area contributed by atoms with Gasteiger partial charge >= 0.3 is 0 Å². The van der Waals surface area contributed by atoms with Crippen LogP contribution >= 0.6 is 0 Å². The van der Waals surface area contributed by atoms with Gasteiger partial charge in [-0.25, -0.2) is 4.98 Å². The van der Waals surface area contributed by atoms with Crippen LogP contribution in [0.15, 0.2) is 12.4 Å². The summed E-state index contributed by atoms with van der Waals surface area (Å²) in [6.07, 6.45) is 3.78. The normalized spacial score (nSPS) is 27.7. The van der Waals surface area contributed by atoms with Gasteiger partial charge in [0.25, 0.3) is 0 Å². The molecule has 0 spiro atoms. The molecule has 1 aliphatic heterocycles. The molecule has 1 aromatic heterocycles. The molecule has 0 amide bonds. The third-order valence-corrected chi connectivity index (χ3v) is 2.61. The Labute approximate surface area is 82.8 Å². The Kier molecular flexibility index (Phi) is 2.58. The molecule has 0 aliphatic carbocycles. The molecule has 0 saturated carbocycles. The monoisotopic (exact) mass is 194 g/mol. The van der Waals surface area contributed by atoms with Crippen LogP contribution in [0.5, 0.6) is 0 Å². The maximum atomic E-state index is 9.56. The Morgan fingerprint density at radius 3 is 3.00 bits per heavy atom. The maximum absolute atomic E-state index is 9.56. The number of piperidine rings is 1. The molecule has 1 fully saturated rings. The van der Waals surface area contributed by atoms with Gasteiger partial charge in [-0.05, 0) is 12.3 Å².